The SMILES string of the molecule is CCCc1cccc(C#CCNC(C)=O)c1.[HH]. The number of nitrogens with one attached hydrogen (secondary N) is 1. The van der Waals surface area contributed by atoms with Crippen LogP contribution in [0.15, 0.2) is 24.3 Å². The minimum atomic E-state index is -0.0472. The molecule has 1 amide bonds. The van der Waals surface area contributed by atoms with Gasteiger partial charge in [0, 0.05) is 13.9 Å². The maximum Gasteiger partial charge on any atom is 0.217 e. The van der Waals surface area contributed by atoms with Crippen LogP contribution in [0.5, 0.6) is 0 Å². The molecule has 16 heavy (non-hydrogen) atoms. The number of amides is 1. The van der Waals surface area contributed by atoms with Gasteiger partial charge in [-0.2, -0.15) is 0 Å². The Bertz CT molecular complexity index is 418. The lowest BCUT2D eigenvalue weighted by atomic mass is 10.1. The van der Waals surface area contributed by atoms with Gasteiger partial charge >= 0.3 is 0 Å². The smallest absolute Gasteiger partial charge is 0.217 e. The summed E-state index contributed by atoms with van der Waals surface area (Å²) in [6, 6.07) is 8.22. The summed E-state index contributed by atoms with van der Waals surface area (Å²) < 4.78 is 0. The van der Waals surface area contributed by atoms with E-state index in [0.29, 0.717) is 6.54 Å². The molecule has 0 fully saturated rings. The third-order valence-corrected chi connectivity index (χ3v) is 2.12. The van der Waals surface area contributed by atoms with Gasteiger partial charge in [0.1, 0.15) is 0 Å². The fourth-order valence-electron chi connectivity index (χ4n) is 1.41. The van der Waals surface area contributed by atoms with E-state index in [9.17, 15) is 4.79 Å². The molecule has 0 unspecified atom stereocenters. The van der Waals surface area contributed by atoms with Crippen molar-refractivity contribution < 1.29 is 6.22 Å². The molecule has 0 saturated heterocycles. The summed E-state index contributed by atoms with van der Waals surface area (Å²) in [6.45, 7) is 4.06. The highest BCUT2D eigenvalue weighted by Crippen LogP contribution is 2.06. The summed E-state index contributed by atoms with van der Waals surface area (Å²) in [4.78, 5) is 10.6. The molecule has 0 heterocycles. The Kier molecular flexibility index (Phi) is 5.15. The van der Waals surface area contributed by atoms with Crippen molar-refractivity contribution >= 4 is 5.91 Å². The first-order valence-corrected chi connectivity index (χ1v) is 5.54. The van der Waals surface area contributed by atoms with E-state index in [1.165, 1.54) is 12.5 Å². The Morgan fingerprint density at radius 1 is 1.50 bits per heavy atom. The van der Waals surface area contributed by atoms with Crippen molar-refractivity contribution in [1.82, 2.24) is 5.32 Å². The zero-order chi connectivity index (χ0) is 11.8. The molecular formula is C14H19NO. The first kappa shape index (κ1) is 12.3. The van der Waals surface area contributed by atoms with E-state index in [1.807, 2.05) is 12.1 Å². The van der Waals surface area contributed by atoms with Crippen LogP contribution >= 0.6 is 0 Å². The van der Waals surface area contributed by atoms with E-state index < -0.39 is 0 Å². The second-order valence-corrected chi connectivity index (χ2v) is 3.66. The molecule has 0 aromatic heterocycles. The molecule has 2 nitrogen and oxygen atoms in total. The molecule has 2 heteroatoms. The van der Waals surface area contributed by atoms with E-state index in [0.717, 1.165) is 18.4 Å². The second-order valence-electron chi connectivity index (χ2n) is 3.66. The van der Waals surface area contributed by atoms with Crippen molar-refractivity contribution in [3.8, 4) is 11.8 Å². The molecule has 1 aromatic rings. The van der Waals surface area contributed by atoms with E-state index in [2.05, 4.69) is 36.2 Å². The molecule has 1 rings (SSSR count). The highest BCUT2D eigenvalue weighted by Gasteiger charge is 1.92. The summed E-state index contributed by atoms with van der Waals surface area (Å²) in [5.74, 6) is 5.91. The number of benzene rings is 1. The van der Waals surface area contributed by atoms with Crippen LogP contribution in [0.25, 0.3) is 0 Å². The van der Waals surface area contributed by atoms with Crippen LogP contribution in [-0.2, 0) is 11.2 Å². The van der Waals surface area contributed by atoms with Gasteiger partial charge in [-0.25, -0.2) is 0 Å². The lowest BCUT2D eigenvalue weighted by Crippen LogP contribution is -2.19. The number of aryl methyl sites for hydroxylation is 1. The van der Waals surface area contributed by atoms with Crippen LogP contribution in [0.2, 0.25) is 0 Å². The monoisotopic (exact) mass is 217 g/mol. The van der Waals surface area contributed by atoms with Crippen LogP contribution in [0.4, 0.5) is 0 Å². The summed E-state index contributed by atoms with van der Waals surface area (Å²) in [5.41, 5.74) is 2.32. The lowest BCUT2D eigenvalue weighted by molar-refractivity contribution is -0.118. The molecule has 0 bridgehead atoms. The van der Waals surface area contributed by atoms with E-state index in [4.69, 9.17) is 0 Å². The van der Waals surface area contributed by atoms with Crippen molar-refractivity contribution in [2.75, 3.05) is 6.54 Å². The molecule has 0 saturated carbocycles. The van der Waals surface area contributed by atoms with Crippen molar-refractivity contribution in [2.45, 2.75) is 26.7 Å². The number of carbonyl (C=O) groups is 1. The zero-order valence-corrected chi connectivity index (χ0v) is 9.84. The highest BCUT2D eigenvalue weighted by molar-refractivity contribution is 5.73. The van der Waals surface area contributed by atoms with Gasteiger partial charge in [-0.05, 0) is 24.1 Å². The van der Waals surface area contributed by atoms with Gasteiger partial charge in [0.2, 0.25) is 5.91 Å². The van der Waals surface area contributed by atoms with Gasteiger partial charge in [-0.3, -0.25) is 4.79 Å². The fourth-order valence-corrected chi connectivity index (χ4v) is 1.41. The third kappa shape index (κ3) is 4.65. The molecule has 1 N–H and O–H groups in total. The highest BCUT2D eigenvalue weighted by atomic mass is 16.1. The minimum Gasteiger partial charge on any atom is -0.345 e. The molecule has 0 aliphatic rings. The molecule has 0 atom stereocenters. The van der Waals surface area contributed by atoms with Crippen LogP contribution < -0.4 is 5.32 Å². The number of carbonyl (C=O) groups excluding carboxylic acids is 1. The van der Waals surface area contributed by atoms with Crippen LogP contribution in [0.3, 0.4) is 0 Å². The molecule has 0 spiro atoms. The van der Waals surface area contributed by atoms with Crippen molar-refractivity contribution in [3.63, 3.8) is 0 Å². The van der Waals surface area contributed by atoms with Gasteiger partial charge in [-0.1, -0.05) is 37.3 Å². The Hall–Kier alpha value is -1.75. The fraction of sp³-hybridized carbons (Fsp3) is 0.357. The molecule has 0 aliphatic heterocycles. The van der Waals surface area contributed by atoms with Crippen LogP contribution in [0, 0.1) is 11.8 Å². The van der Waals surface area contributed by atoms with Gasteiger partial charge in [0.15, 0.2) is 0 Å². The van der Waals surface area contributed by atoms with E-state index >= 15 is 0 Å². The molecule has 86 valence electrons. The quantitative estimate of drug-likeness (QED) is 0.774. The van der Waals surface area contributed by atoms with Gasteiger partial charge in [-0.15, -0.1) is 0 Å². The van der Waals surface area contributed by atoms with Gasteiger partial charge < -0.3 is 5.32 Å². The number of hydrogen-bond donors (Lipinski definition) is 1. The zero-order valence-electron chi connectivity index (χ0n) is 9.84. The average molecular weight is 217 g/mol. The second kappa shape index (κ2) is 6.68. The molecule has 0 radical (unpaired) electrons. The van der Waals surface area contributed by atoms with Crippen LogP contribution in [0.1, 0.15) is 32.8 Å². The first-order valence-electron chi connectivity index (χ1n) is 5.54. The molecule has 1 aromatic carbocycles. The Morgan fingerprint density at radius 3 is 3.00 bits per heavy atom. The third-order valence-electron chi connectivity index (χ3n) is 2.12. The van der Waals surface area contributed by atoms with Gasteiger partial charge in [0.05, 0.1) is 6.54 Å². The predicted octanol–water partition coefficient (Wildman–Crippen LogP) is 2.37. The largest absolute Gasteiger partial charge is 0.345 e. The van der Waals surface area contributed by atoms with Crippen molar-refractivity contribution in [3.05, 3.63) is 35.4 Å². The minimum absolute atomic E-state index is 0. The number of rotatable bonds is 3. The topological polar surface area (TPSA) is 29.1 Å². The maximum absolute atomic E-state index is 10.6. The normalized spacial score (nSPS) is 9.12. The summed E-state index contributed by atoms with van der Waals surface area (Å²) >= 11 is 0. The number of hydrogen-bond acceptors (Lipinski definition) is 1. The summed E-state index contributed by atoms with van der Waals surface area (Å²) in [5, 5.41) is 2.64. The average Bonchev–Trinajstić information content (AvgIpc) is 2.25. The van der Waals surface area contributed by atoms with Crippen molar-refractivity contribution in [2.24, 2.45) is 0 Å². The molecule has 0 aliphatic carbocycles. The lowest BCUT2D eigenvalue weighted by Gasteiger charge is -1.98. The van der Waals surface area contributed by atoms with Gasteiger partial charge in [0.25, 0.3) is 0 Å². The standard InChI is InChI=1S/C14H17NO.H2/c1-3-6-13-7-4-8-14(11-13)9-5-10-15-12(2)16;/h4,7-8,11H,3,6,10H2,1-2H3,(H,15,16);1H. The van der Waals surface area contributed by atoms with E-state index in [1.54, 1.807) is 0 Å². The summed E-state index contributed by atoms with van der Waals surface area (Å²) in [7, 11) is 0. The Morgan fingerprint density at radius 2 is 2.31 bits per heavy atom. The van der Waals surface area contributed by atoms with E-state index in [-0.39, 0.29) is 7.33 Å². The Labute approximate surface area is 98.5 Å². The maximum atomic E-state index is 10.6. The predicted molar refractivity (Wildman–Crippen MR) is 68.1 cm³/mol. The first-order chi connectivity index (χ1) is 7.72. The van der Waals surface area contributed by atoms with Crippen LogP contribution in [-0.4, -0.2) is 12.5 Å². The van der Waals surface area contributed by atoms with Crippen molar-refractivity contribution in [1.29, 1.82) is 0 Å². The Balaban J connectivity index is 0.00000256. The molecular weight excluding hydrogens is 198 g/mol. The summed E-state index contributed by atoms with van der Waals surface area (Å²) in [6.07, 6.45) is 2.23.